The molecule has 1 rings (SSSR count). The van der Waals surface area contributed by atoms with E-state index in [0.717, 1.165) is 0 Å². The molecule has 1 aromatic rings. The first-order valence-electron chi connectivity index (χ1n) is 4.97. The van der Waals surface area contributed by atoms with E-state index in [1.165, 1.54) is 12.1 Å². The molecule has 4 heteroatoms. The Morgan fingerprint density at radius 2 is 2.00 bits per heavy atom. The molecule has 0 heterocycles. The van der Waals surface area contributed by atoms with Crippen LogP contribution in [0.3, 0.4) is 0 Å². The maximum absolute atomic E-state index is 11.9. The summed E-state index contributed by atoms with van der Waals surface area (Å²) in [7, 11) is -3.38. The average molecular weight is 235 g/mol. The Bertz CT molecular complexity index is 510. The molecule has 0 saturated carbocycles. The topological polar surface area (TPSA) is 57.9 Å². The van der Waals surface area contributed by atoms with Crippen molar-refractivity contribution in [3.63, 3.8) is 0 Å². The number of nitriles is 1. The predicted octanol–water partition coefficient (Wildman–Crippen LogP) is 2.32. The third-order valence-corrected chi connectivity index (χ3v) is 3.72. The van der Waals surface area contributed by atoms with Gasteiger partial charge in [-0.25, -0.2) is 8.42 Å². The molecule has 0 amide bonds. The smallest absolute Gasteiger partial charge is 0.183 e. The first kappa shape index (κ1) is 12.5. The molecule has 3 nitrogen and oxygen atoms in total. The highest BCUT2D eigenvalue weighted by Gasteiger charge is 2.15. The molecule has 0 aromatic heterocycles. The van der Waals surface area contributed by atoms with Gasteiger partial charge in [-0.2, -0.15) is 5.26 Å². The molecule has 0 bridgehead atoms. The van der Waals surface area contributed by atoms with Crippen molar-refractivity contribution >= 4 is 9.84 Å². The van der Waals surface area contributed by atoms with Crippen LogP contribution >= 0.6 is 0 Å². The zero-order valence-corrected chi connectivity index (χ0v) is 9.87. The summed E-state index contributed by atoms with van der Waals surface area (Å²) in [4.78, 5) is 0.257. The summed E-state index contributed by atoms with van der Waals surface area (Å²) in [5.74, 6) is -0.221. The molecule has 16 heavy (non-hydrogen) atoms. The summed E-state index contributed by atoms with van der Waals surface area (Å²) >= 11 is 0. The predicted molar refractivity (Wildman–Crippen MR) is 62.5 cm³/mol. The van der Waals surface area contributed by atoms with Gasteiger partial charge in [-0.05, 0) is 18.6 Å². The fourth-order valence-corrected chi connectivity index (χ4v) is 2.63. The largest absolute Gasteiger partial charge is 0.223 e. The Hall–Kier alpha value is -1.60. The van der Waals surface area contributed by atoms with Crippen LogP contribution in [-0.2, 0) is 9.84 Å². The van der Waals surface area contributed by atoms with Crippen LogP contribution in [0.4, 0.5) is 0 Å². The van der Waals surface area contributed by atoms with Crippen molar-refractivity contribution in [3.8, 4) is 6.07 Å². The Labute approximate surface area is 95.9 Å². The van der Waals surface area contributed by atoms with E-state index in [9.17, 15) is 8.42 Å². The molecule has 0 aliphatic rings. The summed E-state index contributed by atoms with van der Waals surface area (Å²) in [5.41, 5.74) is 0.298. The molecule has 0 saturated heterocycles. The van der Waals surface area contributed by atoms with E-state index in [2.05, 4.69) is 0 Å². The van der Waals surface area contributed by atoms with Crippen molar-refractivity contribution in [3.05, 3.63) is 42.0 Å². The van der Waals surface area contributed by atoms with Gasteiger partial charge in [0.2, 0.25) is 0 Å². The highest BCUT2D eigenvalue weighted by molar-refractivity contribution is 7.91. The maximum atomic E-state index is 11.9. The molecule has 0 fully saturated rings. The Kier molecular flexibility index (Phi) is 4.27. The monoisotopic (exact) mass is 235 g/mol. The van der Waals surface area contributed by atoms with Crippen LogP contribution in [0, 0.1) is 11.3 Å². The number of sulfone groups is 1. The highest BCUT2D eigenvalue weighted by Crippen LogP contribution is 2.13. The third-order valence-electron chi connectivity index (χ3n) is 2.04. The molecule has 0 atom stereocenters. The van der Waals surface area contributed by atoms with Crippen LogP contribution in [0.25, 0.3) is 0 Å². The maximum Gasteiger partial charge on any atom is 0.183 e. The lowest BCUT2D eigenvalue weighted by atomic mass is 10.3. The normalized spacial score (nSPS) is 12.1. The number of rotatable bonds is 4. The second-order valence-electron chi connectivity index (χ2n) is 3.32. The molecular formula is C12H13NO2S. The summed E-state index contributed by atoms with van der Waals surface area (Å²) in [6.45, 7) is 1.87. The zero-order chi connectivity index (χ0) is 12.0. The number of allylic oxidation sites excluding steroid dienone is 1. The second-order valence-corrected chi connectivity index (χ2v) is 5.31. The molecule has 0 aliphatic carbocycles. The van der Waals surface area contributed by atoms with Crippen molar-refractivity contribution < 1.29 is 8.42 Å². The molecule has 0 spiro atoms. The van der Waals surface area contributed by atoms with Crippen molar-refractivity contribution in [2.24, 2.45) is 0 Å². The first-order valence-corrected chi connectivity index (χ1v) is 6.62. The van der Waals surface area contributed by atoms with E-state index < -0.39 is 9.84 Å². The molecule has 1 aromatic carbocycles. The van der Waals surface area contributed by atoms with Gasteiger partial charge in [0.05, 0.1) is 16.7 Å². The quantitative estimate of drug-likeness (QED) is 0.752. The Morgan fingerprint density at radius 1 is 1.38 bits per heavy atom. The van der Waals surface area contributed by atoms with Gasteiger partial charge in [0, 0.05) is 5.57 Å². The van der Waals surface area contributed by atoms with Gasteiger partial charge in [0.25, 0.3) is 0 Å². The highest BCUT2D eigenvalue weighted by atomic mass is 32.2. The van der Waals surface area contributed by atoms with Gasteiger partial charge in [0.15, 0.2) is 9.84 Å². The van der Waals surface area contributed by atoms with Crippen LogP contribution in [0.15, 0.2) is 46.9 Å². The van der Waals surface area contributed by atoms with Crippen LogP contribution in [0.5, 0.6) is 0 Å². The third kappa shape index (κ3) is 3.21. The van der Waals surface area contributed by atoms with E-state index in [1.807, 2.05) is 13.0 Å². The Balaban J connectivity index is 2.98. The van der Waals surface area contributed by atoms with Crippen LogP contribution in [0.2, 0.25) is 0 Å². The van der Waals surface area contributed by atoms with Crippen molar-refractivity contribution in [2.45, 2.75) is 18.2 Å². The number of hydrogen-bond donors (Lipinski definition) is 0. The van der Waals surface area contributed by atoms with Crippen molar-refractivity contribution in [1.82, 2.24) is 0 Å². The number of nitrogens with zero attached hydrogens (tertiary/aromatic N) is 1. The van der Waals surface area contributed by atoms with Gasteiger partial charge >= 0.3 is 0 Å². The van der Waals surface area contributed by atoms with E-state index in [-0.39, 0.29) is 10.6 Å². The fourth-order valence-electron chi connectivity index (χ4n) is 1.30. The average Bonchev–Trinajstić information content (AvgIpc) is 2.29. The summed E-state index contributed by atoms with van der Waals surface area (Å²) < 4.78 is 23.8. The molecule has 0 N–H and O–H groups in total. The molecule has 84 valence electrons. The van der Waals surface area contributed by atoms with E-state index >= 15 is 0 Å². The molecule has 0 aliphatic heterocycles. The van der Waals surface area contributed by atoms with E-state index in [0.29, 0.717) is 12.0 Å². The summed E-state index contributed by atoms with van der Waals surface area (Å²) in [6, 6.07) is 10.1. The molecular weight excluding hydrogens is 222 g/mol. The van der Waals surface area contributed by atoms with Gasteiger partial charge in [-0.15, -0.1) is 0 Å². The van der Waals surface area contributed by atoms with Gasteiger partial charge in [-0.1, -0.05) is 31.2 Å². The van der Waals surface area contributed by atoms with Gasteiger partial charge in [-0.3, -0.25) is 0 Å². The lowest BCUT2D eigenvalue weighted by molar-refractivity contribution is 0.598. The molecule has 0 radical (unpaired) electrons. The minimum absolute atomic E-state index is 0.221. The van der Waals surface area contributed by atoms with E-state index in [1.54, 1.807) is 24.3 Å². The van der Waals surface area contributed by atoms with Crippen molar-refractivity contribution in [1.29, 1.82) is 5.26 Å². The zero-order valence-electron chi connectivity index (χ0n) is 9.05. The fraction of sp³-hybridized carbons (Fsp3) is 0.250. The van der Waals surface area contributed by atoms with Gasteiger partial charge < -0.3 is 0 Å². The first-order chi connectivity index (χ1) is 7.60. The number of hydrogen-bond acceptors (Lipinski definition) is 3. The summed E-state index contributed by atoms with van der Waals surface area (Å²) in [6.07, 6.45) is 2.30. The van der Waals surface area contributed by atoms with Crippen LogP contribution in [0.1, 0.15) is 13.3 Å². The second kappa shape index (κ2) is 5.47. The minimum Gasteiger partial charge on any atom is -0.223 e. The SMILES string of the molecule is CC/C=C(\C#N)CS(=O)(=O)c1ccccc1. The Morgan fingerprint density at radius 3 is 2.50 bits per heavy atom. The lowest BCUT2D eigenvalue weighted by Gasteiger charge is -2.02. The lowest BCUT2D eigenvalue weighted by Crippen LogP contribution is -2.08. The van der Waals surface area contributed by atoms with Crippen LogP contribution in [-0.4, -0.2) is 14.2 Å². The van der Waals surface area contributed by atoms with E-state index in [4.69, 9.17) is 5.26 Å². The molecule has 0 unspecified atom stereocenters. The number of benzene rings is 1. The minimum atomic E-state index is -3.38. The standard InChI is InChI=1S/C12H13NO2S/c1-2-6-11(9-13)10-16(14,15)12-7-4-3-5-8-12/h3-8H,2,10H2,1H3/b11-6+. The summed E-state index contributed by atoms with van der Waals surface area (Å²) in [5, 5.41) is 8.78. The van der Waals surface area contributed by atoms with Crippen molar-refractivity contribution in [2.75, 3.05) is 5.75 Å². The van der Waals surface area contributed by atoms with Gasteiger partial charge in [0.1, 0.15) is 0 Å². The van der Waals surface area contributed by atoms with Crippen LogP contribution < -0.4 is 0 Å².